The summed E-state index contributed by atoms with van der Waals surface area (Å²) in [6.07, 6.45) is 3.17. The van der Waals surface area contributed by atoms with Crippen molar-refractivity contribution in [2.24, 2.45) is 0 Å². The average molecular weight is 252 g/mol. The van der Waals surface area contributed by atoms with Gasteiger partial charge in [0, 0.05) is 12.1 Å². The Kier molecular flexibility index (Phi) is 3.59. The van der Waals surface area contributed by atoms with Crippen LogP contribution in [0.3, 0.4) is 0 Å². The molecule has 0 aliphatic rings. The summed E-state index contributed by atoms with van der Waals surface area (Å²) in [5.41, 5.74) is 1.76. The van der Waals surface area contributed by atoms with E-state index in [0.29, 0.717) is 11.6 Å². The van der Waals surface area contributed by atoms with Crippen LogP contribution >= 0.6 is 11.6 Å². The maximum atomic E-state index is 13.5. The number of hydrogen-bond acceptors (Lipinski definition) is 2. The molecule has 2 aromatic rings. The second-order valence-electron chi connectivity index (χ2n) is 3.70. The van der Waals surface area contributed by atoms with Crippen molar-refractivity contribution in [3.05, 3.63) is 53.6 Å². The number of benzene rings is 1. The normalized spacial score (nSPS) is 10.3. The van der Waals surface area contributed by atoms with Crippen LogP contribution in [0.4, 0.5) is 4.39 Å². The van der Waals surface area contributed by atoms with E-state index in [4.69, 9.17) is 16.3 Å². The van der Waals surface area contributed by atoms with E-state index in [0.717, 1.165) is 11.1 Å². The third-order valence-corrected chi connectivity index (χ3v) is 2.55. The van der Waals surface area contributed by atoms with Crippen LogP contribution in [0.1, 0.15) is 11.1 Å². The molecule has 2 nitrogen and oxygen atoms in total. The average Bonchev–Trinajstić information content (AvgIpc) is 2.34. The second kappa shape index (κ2) is 5.15. The molecule has 17 heavy (non-hydrogen) atoms. The van der Waals surface area contributed by atoms with Crippen LogP contribution in [0.5, 0.6) is 11.5 Å². The summed E-state index contributed by atoms with van der Waals surface area (Å²) < 4.78 is 18.9. The Morgan fingerprint density at radius 2 is 2.12 bits per heavy atom. The lowest BCUT2D eigenvalue weighted by Gasteiger charge is -2.07. The molecule has 0 fully saturated rings. The Bertz CT molecular complexity index is 531. The van der Waals surface area contributed by atoms with Gasteiger partial charge in [-0.15, -0.1) is 11.6 Å². The quantitative estimate of drug-likeness (QED) is 0.768. The first-order valence-corrected chi connectivity index (χ1v) is 5.66. The third kappa shape index (κ3) is 2.94. The highest BCUT2D eigenvalue weighted by Crippen LogP contribution is 2.25. The number of nitrogens with zero attached hydrogens (tertiary/aromatic N) is 1. The number of ether oxygens (including phenoxy) is 1. The van der Waals surface area contributed by atoms with Crippen LogP contribution in [0.15, 0.2) is 36.7 Å². The van der Waals surface area contributed by atoms with Crippen molar-refractivity contribution in [2.45, 2.75) is 12.8 Å². The zero-order chi connectivity index (χ0) is 12.3. The van der Waals surface area contributed by atoms with E-state index in [1.807, 2.05) is 6.92 Å². The molecule has 0 bridgehead atoms. The predicted octanol–water partition coefficient (Wildman–Crippen LogP) is 4.06. The van der Waals surface area contributed by atoms with Crippen LogP contribution in [-0.4, -0.2) is 4.98 Å². The van der Waals surface area contributed by atoms with Crippen LogP contribution in [0.25, 0.3) is 0 Å². The standard InChI is InChI=1S/C13H11ClFNO/c1-9-2-3-12(15)13(4-9)17-11-5-10(6-14)7-16-8-11/h2-5,7-8H,6H2,1H3. The van der Waals surface area contributed by atoms with Gasteiger partial charge in [0.15, 0.2) is 11.6 Å². The minimum atomic E-state index is -0.396. The van der Waals surface area contributed by atoms with Crippen molar-refractivity contribution < 1.29 is 9.13 Å². The molecule has 0 amide bonds. The molecule has 0 saturated carbocycles. The molecular formula is C13H11ClFNO. The molecule has 1 heterocycles. The number of rotatable bonds is 3. The van der Waals surface area contributed by atoms with Gasteiger partial charge in [0.25, 0.3) is 0 Å². The van der Waals surface area contributed by atoms with E-state index in [1.54, 1.807) is 24.4 Å². The largest absolute Gasteiger partial charge is 0.453 e. The molecule has 0 unspecified atom stereocenters. The van der Waals surface area contributed by atoms with Crippen LogP contribution in [0.2, 0.25) is 0 Å². The van der Waals surface area contributed by atoms with Gasteiger partial charge >= 0.3 is 0 Å². The van der Waals surface area contributed by atoms with Gasteiger partial charge in [-0.2, -0.15) is 0 Å². The summed E-state index contributed by atoms with van der Waals surface area (Å²) in [5, 5.41) is 0. The Balaban J connectivity index is 2.27. The lowest BCUT2D eigenvalue weighted by Crippen LogP contribution is -1.91. The molecule has 0 spiro atoms. The molecule has 4 heteroatoms. The zero-order valence-electron chi connectivity index (χ0n) is 9.28. The molecular weight excluding hydrogens is 241 g/mol. The van der Waals surface area contributed by atoms with Gasteiger partial charge in [-0.25, -0.2) is 4.39 Å². The van der Waals surface area contributed by atoms with E-state index in [-0.39, 0.29) is 5.75 Å². The molecule has 0 aliphatic heterocycles. The summed E-state index contributed by atoms with van der Waals surface area (Å²) >= 11 is 5.69. The van der Waals surface area contributed by atoms with Gasteiger partial charge in [0.1, 0.15) is 5.75 Å². The number of aromatic nitrogens is 1. The van der Waals surface area contributed by atoms with E-state index < -0.39 is 5.82 Å². The summed E-state index contributed by atoms with van der Waals surface area (Å²) in [6.45, 7) is 1.87. The molecule has 0 saturated heterocycles. The minimum Gasteiger partial charge on any atom is -0.453 e. The molecule has 0 radical (unpaired) electrons. The maximum absolute atomic E-state index is 13.5. The first-order valence-electron chi connectivity index (χ1n) is 5.13. The van der Waals surface area contributed by atoms with Crippen molar-refractivity contribution in [2.75, 3.05) is 0 Å². The van der Waals surface area contributed by atoms with Crippen LogP contribution in [-0.2, 0) is 5.88 Å². The number of hydrogen-bond donors (Lipinski definition) is 0. The molecule has 0 atom stereocenters. The van der Waals surface area contributed by atoms with Gasteiger partial charge in [0.05, 0.1) is 6.20 Å². The molecule has 2 rings (SSSR count). The summed E-state index contributed by atoms with van der Waals surface area (Å²) in [7, 11) is 0. The fourth-order valence-electron chi connectivity index (χ4n) is 1.41. The number of alkyl halides is 1. The highest BCUT2D eigenvalue weighted by Gasteiger charge is 2.05. The van der Waals surface area contributed by atoms with E-state index in [2.05, 4.69) is 4.98 Å². The maximum Gasteiger partial charge on any atom is 0.165 e. The van der Waals surface area contributed by atoms with Crippen molar-refractivity contribution >= 4 is 11.6 Å². The number of pyridine rings is 1. The number of halogens is 2. The molecule has 1 aromatic heterocycles. The first-order chi connectivity index (χ1) is 8.19. The monoisotopic (exact) mass is 251 g/mol. The summed E-state index contributed by atoms with van der Waals surface area (Å²) in [6, 6.07) is 6.45. The topological polar surface area (TPSA) is 22.1 Å². The van der Waals surface area contributed by atoms with E-state index >= 15 is 0 Å². The minimum absolute atomic E-state index is 0.193. The third-order valence-electron chi connectivity index (χ3n) is 2.24. The van der Waals surface area contributed by atoms with Crippen molar-refractivity contribution in [1.29, 1.82) is 0 Å². The lowest BCUT2D eigenvalue weighted by atomic mass is 10.2. The van der Waals surface area contributed by atoms with Gasteiger partial charge in [0.2, 0.25) is 0 Å². The summed E-state index contributed by atoms with van der Waals surface area (Å²) in [4.78, 5) is 3.97. The van der Waals surface area contributed by atoms with Crippen molar-refractivity contribution in [1.82, 2.24) is 4.98 Å². The van der Waals surface area contributed by atoms with Crippen LogP contribution < -0.4 is 4.74 Å². The molecule has 1 aromatic carbocycles. The highest BCUT2D eigenvalue weighted by atomic mass is 35.5. The van der Waals surface area contributed by atoms with Crippen molar-refractivity contribution in [3.8, 4) is 11.5 Å². The smallest absolute Gasteiger partial charge is 0.165 e. The predicted molar refractivity (Wildman–Crippen MR) is 65.0 cm³/mol. The second-order valence-corrected chi connectivity index (χ2v) is 3.97. The van der Waals surface area contributed by atoms with Gasteiger partial charge in [-0.3, -0.25) is 4.98 Å². The summed E-state index contributed by atoms with van der Waals surface area (Å²) in [5.74, 6) is 0.624. The van der Waals surface area contributed by atoms with Crippen LogP contribution in [0, 0.1) is 12.7 Å². The van der Waals surface area contributed by atoms with Gasteiger partial charge in [-0.05, 0) is 36.2 Å². The fraction of sp³-hybridized carbons (Fsp3) is 0.154. The zero-order valence-corrected chi connectivity index (χ0v) is 10.0. The Morgan fingerprint density at radius 1 is 1.29 bits per heavy atom. The lowest BCUT2D eigenvalue weighted by molar-refractivity contribution is 0.440. The Labute approximate surface area is 104 Å². The van der Waals surface area contributed by atoms with Crippen molar-refractivity contribution in [3.63, 3.8) is 0 Å². The fourth-order valence-corrected chi connectivity index (χ4v) is 1.55. The van der Waals surface area contributed by atoms with Gasteiger partial charge in [-0.1, -0.05) is 6.07 Å². The molecule has 0 N–H and O–H groups in total. The molecule has 0 aliphatic carbocycles. The van der Waals surface area contributed by atoms with Gasteiger partial charge < -0.3 is 4.74 Å². The first kappa shape index (κ1) is 11.9. The number of aryl methyl sites for hydroxylation is 1. The Hall–Kier alpha value is -1.61. The highest BCUT2D eigenvalue weighted by molar-refractivity contribution is 6.17. The SMILES string of the molecule is Cc1ccc(F)c(Oc2cncc(CCl)c2)c1. The van der Waals surface area contributed by atoms with E-state index in [1.165, 1.54) is 12.3 Å². The van der Waals surface area contributed by atoms with E-state index in [9.17, 15) is 4.39 Å². The molecule has 88 valence electrons. The Morgan fingerprint density at radius 3 is 2.88 bits per heavy atom.